The predicted octanol–water partition coefficient (Wildman–Crippen LogP) is 25.6. The molecule has 0 saturated carbocycles. The van der Waals surface area contributed by atoms with Crippen molar-refractivity contribution in [2.24, 2.45) is 0 Å². The molecule has 6 heterocycles. The summed E-state index contributed by atoms with van der Waals surface area (Å²) in [5, 5.41) is 11.5. The molecule has 502 valence electrons. The number of hydrogen-bond acceptors (Lipinski definition) is 4. The smallest absolute Gasteiger partial charge is 0.160 e. The minimum atomic E-state index is 0.652. The highest BCUT2D eigenvalue weighted by atomic mass is 15.0. The third-order valence-corrected chi connectivity index (χ3v) is 21.9. The molecule has 0 radical (unpaired) electrons. The van der Waals surface area contributed by atoms with Crippen LogP contribution in [0.15, 0.2) is 376 Å². The van der Waals surface area contributed by atoms with Gasteiger partial charge in [0.2, 0.25) is 0 Å². The van der Waals surface area contributed by atoms with Crippen LogP contribution in [0, 0.1) is 0 Å². The van der Waals surface area contributed by atoms with E-state index in [1.807, 2.05) is 0 Å². The summed E-state index contributed by atoms with van der Waals surface area (Å²) in [6.45, 7) is 0. The van der Waals surface area contributed by atoms with E-state index in [0.29, 0.717) is 11.6 Å². The van der Waals surface area contributed by atoms with Gasteiger partial charge < -0.3 is 18.3 Å². The monoisotopic (exact) mass is 1370 g/mol. The maximum Gasteiger partial charge on any atom is 0.160 e. The first kappa shape index (κ1) is 60.9. The Morgan fingerprint density at radius 1 is 0.167 bits per heavy atom. The van der Waals surface area contributed by atoms with Gasteiger partial charge in [0.15, 0.2) is 11.6 Å². The summed E-state index contributed by atoms with van der Waals surface area (Å²) in [7, 11) is 0. The number of nitrogens with zero attached hydrogens (tertiary/aromatic N) is 8. The van der Waals surface area contributed by atoms with Crippen LogP contribution in [0.2, 0.25) is 0 Å². The molecule has 8 heteroatoms. The molecule has 0 aliphatic rings. The van der Waals surface area contributed by atoms with Crippen LogP contribution in [0.25, 0.3) is 210 Å². The molecule has 16 aromatic carbocycles. The Morgan fingerprint density at radius 3 is 0.935 bits per heavy atom. The summed E-state index contributed by atoms with van der Waals surface area (Å²) in [5.41, 5.74) is 27.3. The van der Waals surface area contributed by atoms with E-state index >= 15 is 0 Å². The first-order valence-electron chi connectivity index (χ1n) is 36.8. The molecule has 0 spiro atoms. The van der Waals surface area contributed by atoms with Crippen LogP contribution in [-0.2, 0) is 0 Å². The van der Waals surface area contributed by atoms with Gasteiger partial charge in [0, 0.05) is 98.7 Å². The quantitative estimate of drug-likeness (QED) is 0.129. The normalized spacial score (nSPS) is 11.9. The summed E-state index contributed by atoms with van der Waals surface area (Å²) in [6.07, 6.45) is 0. The van der Waals surface area contributed by atoms with Gasteiger partial charge in [0.05, 0.1) is 72.2 Å². The zero-order valence-corrected chi connectivity index (χ0v) is 58.4. The first-order chi connectivity index (χ1) is 53.5. The van der Waals surface area contributed by atoms with Crippen molar-refractivity contribution in [2.75, 3.05) is 0 Å². The summed E-state index contributed by atoms with van der Waals surface area (Å²) in [5.74, 6) is 1.31. The van der Waals surface area contributed by atoms with Crippen LogP contribution in [0.5, 0.6) is 0 Å². The van der Waals surface area contributed by atoms with Gasteiger partial charge >= 0.3 is 0 Å². The second-order valence-electron chi connectivity index (χ2n) is 28.1. The van der Waals surface area contributed by atoms with Crippen LogP contribution in [-0.4, -0.2) is 38.2 Å². The molecule has 0 fully saturated rings. The van der Waals surface area contributed by atoms with Crippen molar-refractivity contribution in [2.45, 2.75) is 0 Å². The lowest BCUT2D eigenvalue weighted by Crippen LogP contribution is -2.00. The number of aromatic nitrogens is 8. The van der Waals surface area contributed by atoms with Crippen molar-refractivity contribution in [1.29, 1.82) is 0 Å². The second-order valence-corrected chi connectivity index (χ2v) is 28.1. The van der Waals surface area contributed by atoms with E-state index in [0.717, 1.165) is 145 Å². The van der Waals surface area contributed by atoms with Crippen LogP contribution in [0.1, 0.15) is 0 Å². The average Bonchev–Trinajstić information content (AvgIpc) is 1.56. The number of benzene rings is 16. The number of fused-ring (bicyclic) bond motifs is 14. The Labute approximate surface area is 620 Å². The van der Waals surface area contributed by atoms with E-state index < -0.39 is 0 Å². The van der Waals surface area contributed by atoms with Crippen molar-refractivity contribution in [3.63, 3.8) is 0 Å². The van der Waals surface area contributed by atoms with E-state index in [4.69, 9.17) is 19.9 Å². The Balaban J connectivity index is 0.703. The first-order valence-corrected chi connectivity index (χ1v) is 36.8. The van der Waals surface area contributed by atoms with E-state index in [-0.39, 0.29) is 0 Å². The van der Waals surface area contributed by atoms with Crippen molar-refractivity contribution in [3.05, 3.63) is 376 Å². The van der Waals surface area contributed by atoms with Crippen molar-refractivity contribution in [1.82, 2.24) is 38.2 Å². The van der Waals surface area contributed by atoms with E-state index in [1.54, 1.807) is 0 Å². The molecule has 0 unspecified atom stereocenters. The van der Waals surface area contributed by atoms with Crippen LogP contribution < -0.4 is 0 Å². The fraction of sp³-hybridized carbons (Fsp3) is 0. The zero-order valence-electron chi connectivity index (χ0n) is 58.4. The number of hydrogen-bond donors (Lipinski definition) is 0. The van der Waals surface area contributed by atoms with Crippen molar-refractivity contribution < 1.29 is 0 Å². The fourth-order valence-electron chi connectivity index (χ4n) is 17.0. The second kappa shape index (κ2) is 24.5. The Morgan fingerprint density at radius 2 is 0.491 bits per heavy atom. The topological polar surface area (TPSA) is 71.3 Å². The Bertz CT molecular complexity index is 7380. The van der Waals surface area contributed by atoms with Gasteiger partial charge in [-0.25, -0.2) is 19.9 Å². The highest BCUT2D eigenvalue weighted by molar-refractivity contribution is 6.21. The van der Waals surface area contributed by atoms with E-state index in [1.165, 1.54) is 54.1 Å². The van der Waals surface area contributed by atoms with Crippen LogP contribution in [0.3, 0.4) is 0 Å². The van der Waals surface area contributed by atoms with Gasteiger partial charge in [-0.2, -0.15) is 0 Å². The van der Waals surface area contributed by atoms with Crippen molar-refractivity contribution >= 4 is 109 Å². The molecule has 6 aromatic heterocycles. The van der Waals surface area contributed by atoms with Gasteiger partial charge in [-0.05, 0) is 149 Å². The molecule has 0 N–H and O–H groups in total. The van der Waals surface area contributed by atoms with E-state index in [2.05, 4.69) is 394 Å². The molecule has 0 saturated heterocycles. The Kier molecular flexibility index (Phi) is 13.8. The van der Waals surface area contributed by atoms with Gasteiger partial charge in [0.25, 0.3) is 0 Å². The third-order valence-electron chi connectivity index (χ3n) is 21.9. The molecular formula is C100H62N8. The minimum Gasteiger partial charge on any atom is -0.309 e. The third kappa shape index (κ3) is 9.78. The lowest BCUT2D eigenvalue weighted by Gasteiger charge is -2.17. The molecule has 22 rings (SSSR count). The van der Waals surface area contributed by atoms with Gasteiger partial charge in [0.1, 0.15) is 0 Å². The summed E-state index contributed by atoms with van der Waals surface area (Å²) >= 11 is 0. The summed E-state index contributed by atoms with van der Waals surface area (Å²) in [4.78, 5) is 21.6. The molecule has 22 aromatic rings. The molecule has 0 bridgehead atoms. The molecule has 0 atom stereocenters. The van der Waals surface area contributed by atoms with Crippen LogP contribution in [0.4, 0.5) is 0 Å². The predicted molar refractivity (Wildman–Crippen MR) is 448 cm³/mol. The molecule has 0 amide bonds. The maximum absolute atomic E-state index is 5.50. The molecular weight excluding hydrogens is 1310 g/mol. The molecule has 8 nitrogen and oxygen atoms in total. The Hall–Kier alpha value is -14.6. The zero-order chi connectivity index (χ0) is 70.9. The van der Waals surface area contributed by atoms with Gasteiger partial charge in [-0.1, -0.05) is 255 Å². The van der Waals surface area contributed by atoms with Crippen molar-refractivity contribution in [3.8, 4) is 101 Å². The van der Waals surface area contributed by atoms with Crippen LogP contribution >= 0.6 is 0 Å². The molecule has 0 aliphatic carbocycles. The standard InChI is InChI=1S/C100H62N8/c1-5-25-67(26-6-1)97-79-37-13-19-39-86(79)101-99(103-97)69-53-54-92(108-91-44-24-18-36-78(91)85-61-94-84(62-96(85)108)76-34-16-22-42-89(76)106(94)73-31-11-4-12-32-73)81(58-69)66-51-49-64(50-52-66)63-45-47-65(48-46-63)70-55-71(100-102-87-40-20-14-38-80(87)98(104-100)68-27-7-2-8-28-68)57-74(56-70)107-90-43-23-17-35-77(90)83-59-93-82(60-95(83)107)75-33-15-21-41-88(75)105(93)72-29-9-3-10-30-72/h1-62H. The SMILES string of the molecule is c1ccc(-c2nc(-c3cc(-c4ccc(-c5ccc(-c6cc(-c7nc(-c8ccccc8)c8ccccc8n7)ccc6-n6c7ccccc7c7cc8c(cc76)c6ccccc6n8-c6ccccc6)cc5)cc4)cc(-n4c5ccccc5c5cc6c(cc54)c4ccccc4n6-c4ccccc4)c3)nc3ccccc23)cc1. The molecule has 108 heavy (non-hydrogen) atoms. The summed E-state index contributed by atoms with van der Waals surface area (Å²) in [6, 6.07) is 136. The largest absolute Gasteiger partial charge is 0.309 e. The maximum atomic E-state index is 5.50. The number of para-hydroxylation sites is 8. The van der Waals surface area contributed by atoms with E-state index in [9.17, 15) is 0 Å². The van der Waals surface area contributed by atoms with Gasteiger partial charge in [-0.3, -0.25) is 0 Å². The highest BCUT2D eigenvalue weighted by Gasteiger charge is 2.25. The summed E-state index contributed by atoms with van der Waals surface area (Å²) < 4.78 is 9.74. The highest BCUT2D eigenvalue weighted by Crippen LogP contribution is 2.46. The van der Waals surface area contributed by atoms with Gasteiger partial charge in [-0.15, -0.1) is 0 Å². The fourth-order valence-corrected chi connectivity index (χ4v) is 17.0. The molecule has 0 aliphatic heterocycles. The minimum absolute atomic E-state index is 0.652. The lowest BCUT2D eigenvalue weighted by atomic mass is 9.95. The lowest BCUT2D eigenvalue weighted by molar-refractivity contribution is 1.17. The average molecular weight is 1380 g/mol. The number of rotatable bonds is 11.